The maximum absolute atomic E-state index is 5.77. The van der Waals surface area contributed by atoms with Gasteiger partial charge in [-0.25, -0.2) is 15.0 Å². The van der Waals surface area contributed by atoms with E-state index in [1.807, 2.05) is 30.4 Å². The summed E-state index contributed by atoms with van der Waals surface area (Å²) in [5.41, 5.74) is 0. The zero-order chi connectivity index (χ0) is 15.4. The van der Waals surface area contributed by atoms with Crippen molar-refractivity contribution in [3.05, 3.63) is 24.0 Å². The Morgan fingerprint density at radius 2 is 2.27 bits per heavy atom. The van der Waals surface area contributed by atoms with E-state index in [1.165, 1.54) is 6.42 Å². The molecule has 7 heteroatoms. The van der Waals surface area contributed by atoms with Gasteiger partial charge >= 0.3 is 0 Å². The fourth-order valence-corrected chi connectivity index (χ4v) is 3.13. The first kappa shape index (κ1) is 15.0. The Hall–Kier alpha value is -1.89. The second-order valence-corrected chi connectivity index (χ2v) is 6.55. The van der Waals surface area contributed by atoms with Crippen molar-refractivity contribution in [3.8, 4) is 5.19 Å². The molecule has 0 aromatic carbocycles. The summed E-state index contributed by atoms with van der Waals surface area (Å²) in [6.45, 7) is 2.72. The number of hydrogen-bond donors (Lipinski definition) is 0. The molecular formula is C15H21N5OS. The van der Waals surface area contributed by atoms with Gasteiger partial charge in [0.25, 0.3) is 5.19 Å². The predicted molar refractivity (Wildman–Crippen MR) is 88.9 cm³/mol. The van der Waals surface area contributed by atoms with Gasteiger partial charge in [0, 0.05) is 50.7 Å². The normalized spacial score (nSPS) is 18.3. The number of hydrogen-bond acceptors (Lipinski definition) is 7. The second kappa shape index (κ2) is 6.91. The van der Waals surface area contributed by atoms with Crippen LogP contribution in [-0.2, 0) is 0 Å². The highest BCUT2D eigenvalue weighted by Crippen LogP contribution is 2.24. The van der Waals surface area contributed by atoms with Crippen molar-refractivity contribution in [1.82, 2.24) is 15.0 Å². The molecule has 1 saturated heterocycles. The lowest BCUT2D eigenvalue weighted by molar-refractivity contribution is 0.227. The van der Waals surface area contributed by atoms with Gasteiger partial charge in [0.05, 0.1) is 6.61 Å². The molecule has 0 spiro atoms. The third kappa shape index (κ3) is 3.65. The first-order chi connectivity index (χ1) is 10.7. The van der Waals surface area contributed by atoms with E-state index in [9.17, 15) is 0 Å². The van der Waals surface area contributed by atoms with Gasteiger partial charge < -0.3 is 14.5 Å². The first-order valence-electron chi connectivity index (χ1n) is 7.49. The van der Waals surface area contributed by atoms with E-state index in [-0.39, 0.29) is 0 Å². The summed E-state index contributed by atoms with van der Waals surface area (Å²) >= 11 is 1.54. The van der Waals surface area contributed by atoms with Crippen molar-refractivity contribution in [2.75, 3.05) is 43.6 Å². The van der Waals surface area contributed by atoms with Crippen LogP contribution < -0.4 is 14.5 Å². The van der Waals surface area contributed by atoms with Crippen LogP contribution in [0.1, 0.15) is 12.8 Å². The monoisotopic (exact) mass is 319 g/mol. The third-order valence-electron chi connectivity index (χ3n) is 3.79. The molecule has 0 saturated carbocycles. The quantitative estimate of drug-likeness (QED) is 0.843. The molecule has 118 valence electrons. The van der Waals surface area contributed by atoms with Gasteiger partial charge in [-0.15, -0.1) is 0 Å². The minimum absolute atomic E-state index is 0.510. The van der Waals surface area contributed by atoms with Gasteiger partial charge in [0.1, 0.15) is 18.0 Å². The van der Waals surface area contributed by atoms with Gasteiger partial charge in [-0.2, -0.15) is 0 Å². The van der Waals surface area contributed by atoms with E-state index >= 15 is 0 Å². The zero-order valence-corrected chi connectivity index (χ0v) is 13.8. The highest BCUT2D eigenvalue weighted by molar-refractivity contribution is 7.11. The SMILES string of the molecule is CN(C)c1cc(N2CCCC(COc3nccs3)C2)ncn1. The highest BCUT2D eigenvalue weighted by Gasteiger charge is 2.22. The largest absolute Gasteiger partial charge is 0.470 e. The van der Waals surface area contributed by atoms with Crippen LogP contribution in [-0.4, -0.2) is 48.7 Å². The summed E-state index contributed by atoms with van der Waals surface area (Å²) in [5.74, 6) is 2.44. The second-order valence-electron chi connectivity index (χ2n) is 5.69. The van der Waals surface area contributed by atoms with Gasteiger partial charge in [0.2, 0.25) is 0 Å². The van der Waals surface area contributed by atoms with Crippen LogP contribution in [0.2, 0.25) is 0 Å². The van der Waals surface area contributed by atoms with E-state index in [0.717, 1.165) is 42.9 Å². The van der Waals surface area contributed by atoms with E-state index in [4.69, 9.17) is 4.74 Å². The van der Waals surface area contributed by atoms with Gasteiger partial charge in [-0.1, -0.05) is 11.3 Å². The molecule has 1 fully saturated rings. The Balaban J connectivity index is 1.61. The highest BCUT2D eigenvalue weighted by atomic mass is 32.1. The molecule has 1 aliphatic rings. The van der Waals surface area contributed by atoms with Crippen molar-refractivity contribution in [2.24, 2.45) is 5.92 Å². The Morgan fingerprint density at radius 1 is 1.36 bits per heavy atom. The molecule has 22 heavy (non-hydrogen) atoms. The summed E-state index contributed by atoms with van der Waals surface area (Å²) in [5, 5.41) is 2.70. The minimum Gasteiger partial charge on any atom is -0.470 e. The lowest BCUT2D eigenvalue weighted by Gasteiger charge is -2.33. The van der Waals surface area contributed by atoms with Crippen molar-refractivity contribution >= 4 is 23.0 Å². The fraction of sp³-hybridized carbons (Fsp3) is 0.533. The molecule has 1 atom stereocenters. The number of piperidine rings is 1. The van der Waals surface area contributed by atoms with E-state index < -0.39 is 0 Å². The number of aromatic nitrogens is 3. The maximum atomic E-state index is 5.77. The van der Waals surface area contributed by atoms with E-state index in [0.29, 0.717) is 5.92 Å². The summed E-state index contributed by atoms with van der Waals surface area (Å²) < 4.78 is 5.77. The van der Waals surface area contributed by atoms with E-state index in [1.54, 1.807) is 23.9 Å². The molecule has 0 bridgehead atoms. The summed E-state index contributed by atoms with van der Waals surface area (Å²) in [7, 11) is 3.99. The van der Waals surface area contributed by atoms with E-state index in [2.05, 4.69) is 19.9 Å². The lowest BCUT2D eigenvalue weighted by atomic mass is 9.99. The van der Waals surface area contributed by atoms with Crippen molar-refractivity contribution in [3.63, 3.8) is 0 Å². The Labute approximate surface area is 134 Å². The molecule has 1 aliphatic heterocycles. The van der Waals surface area contributed by atoms with Crippen molar-refractivity contribution in [2.45, 2.75) is 12.8 Å². The lowest BCUT2D eigenvalue weighted by Crippen LogP contribution is -2.38. The van der Waals surface area contributed by atoms with Crippen LogP contribution in [0.3, 0.4) is 0 Å². The summed E-state index contributed by atoms with van der Waals surface area (Å²) in [6.07, 6.45) is 5.76. The average Bonchev–Trinajstić information content (AvgIpc) is 3.07. The van der Waals surface area contributed by atoms with Gasteiger partial charge in [-0.3, -0.25) is 0 Å². The smallest absolute Gasteiger partial charge is 0.273 e. The molecule has 6 nitrogen and oxygen atoms in total. The van der Waals surface area contributed by atoms with Gasteiger partial charge in [0.15, 0.2) is 0 Å². The van der Waals surface area contributed by atoms with Gasteiger partial charge in [-0.05, 0) is 12.8 Å². The molecule has 0 aliphatic carbocycles. The Bertz CT molecular complexity index is 589. The van der Waals surface area contributed by atoms with Crippen LogP contribution in [0.5, 0.6) is 5.19 Å². The zero-order valence-electron chi connectivity index (χ0n) is 13.0. The molecule has 3 rings (SSSR count). The Morgan fingerprint density at radius 3 is 3.05 bits per heavy atom. The maximum Gasteiger partial charge on any atom is 0.273 e. The van der Waals surface area contributed by atoms with Crippen LogP contribution in [0.25, 0.3) is 0 Å². The molecule has 2 aromatic rings. The number of nitrogens with zero attached hydrogens (tertiary/aromatic N) is 5. The third-order valence-corrected chi connectivity index (χ3v) is 4.47. The molecule has 1 unspecified atom stereocenters. The molecule has 0 N–H and O–H groups in total. The standard InChI is InChI=1S/C15H21N5OS/c1-19(2)13-8-14(18-11-17-13)20-6-3-4-12(9-20)10-21-15-16-5-7-22-15/h5,7-8,11-12H,3-4,6,9-10H2,1-2H3. The Kier molecular flexibility index (Phi) is 4.72. The molecule has 0 amide bonds. The number of ether oxygens (including phenoxy) is 1. The van der Waals surface area contributed by atoms with Crippen LogP contribution in [0.15, 0.2) is 24.0 Å². The van der Waals surface area contributed by atoms with Crippen molar-refractivity contribution < 1.29 is 4.74 Å². The predicted octanol–water partition coefficient (Wildman–Crippen LogP) is 2.29. The average molecular weight is 319 g/mol. The van der Waals surface area contributed by atoms with Crippen LogP contribution >= 0.6 is 11.3 Å². The minimum atomic E-state index is 0.510. The van der Waals surface area contributed by atoms with Crippen LogP contribution in [0, 0.1) is 5.92 Å². The number of rotatable bonds is 5. The van der Waals surface area contributed by atoms with Crippen molar-refractivity contribution in [1.29, 1.82) is 0 Å². The fourth-order valence-electron chi connectivity index (χ4n) is 2.63. The summed E-state index contributed by atoms with van der Waals surface area (Å²) in [6, 6.07) is 2.05. The molecule has 0 radical (unpaired) electrons. The first-order valence-corrected chi connectivity index (χ1v) is 8.37. The molecule has 3 heterocycles. The molecule has 2 aromatic heterocycles. The van der Waals surface area contributed by atoms with Crippen LogP contribution in [0.4, 0.5) is 11.6 Å². The number of anilines is 2. The molecular weight excluding hydrogens is 298 g/mol. The topological polar surface area (TPSA) is 54.4 Å². The summed E-state index contributed by atoms with van der Waals surface area (Å²) in [4.78, 5) is 17.2. The number of thiazole rings is 1.